The van der Waals surface area contributed by atoms with Crippen molar-refractivity contribution < 1.29 is 9.59 Å². The molecule has 0 aliphatic heterocycles. The fraction of sp³-hybridized carbons (Fsp3) is 0.442. The van der Waals surface area contributed by atoms with Gasteiger partial charge in [-0.05, 0) is 47.6 Å². The maximum Gasteiger partial charge on any atom is 0.184 e. The summed E-state index contributed by atoms with van der Waals surface area (Å²) in [5.41, 5.74) is 10.6. The first-order valence-corrected chi connectivity index (χ1v) is 19.6. The zero-order valence-electron chi connectivity index (χ0n) is 29.4. The van der Waals surface area contributed by atoms with Gasteiger partial charge in [-0.1, -0.05) is 132 Å². The molecular formula is C43H49ClN2O2S2. The Balaban J connectivity index is 0.000000170. The molecule has 0 saturated carbocycles. The Morgan fingerprint density at radius 2 is 1.14 bits per heavy atom. The quantitative estimate of drug-likeness (QED) is 0.210. The molecule has 262 valence electrons. The molecule has 2 unspecified atom stereocenters. The first kappa shape index (κ1) is 36.6. The fourth-order valence-corrected chi connectivity index (χ4v) is 12.1. The van der Waals surface area contributed by atoms with E-state index in [0.717, 1.165) is 60.2 Å². The van der Waals surface area contributed by atoms with E-state index in [1.165, 1.54) is 32.8 Å². The second kappa shape index (κ2) is 13.4. The molecule has 0 radical (unpaired) electrons. The van der Waals surface area contributed by atoms with Gasteiger partial charge >= 0.3 is 0 Å². The molecule has 50 heavy (non-hydrogen) atoms. The zero-order chi connectivity index (χ0) is 34.8. The van der Waals surface area contributed by atoms with Gasteiger partial charge in [0.1, 0.15) is 0 Å². The van der Waals surface area contributed by atoms with Crippen LogP contribution in [-0.4, -0.2) is 21.5 Å². The van der Waals surface area contributed by atoms with Crippen LogP contribution >= 0.6 is 34.3 Å². The van der Waals surface area contributed by atoms with Crippen molar-refractivity contribution in [1.29, 1.82) is 0 Å². The maximum atomic E-state index is 13.3. The highest BCUT2D eigenvalue weighted by Gasteiger charge is 2.51. The second-order valence-electron chi connectivity index (χ2n) is 15.8. The van der Waals surface area contributed by atoms with Gasteiger partial charge in [0.05, 0.1) is 27.7 Å². The maximum absolute atomic E-state index is 13.3. The summed E-state index contributed by atoms with van der Waals surface area (Å²) in [6, 6.07) is 21.0. The average molecular weight is 725 g/mol. The lowest BCUT2D eigenvalue weighted by Gasteiger charge is -2.44. The van der Waals surface area contributed by atoms with Gasteiger partial charge in [-0.2, -0.15) is 0 Å². The van der Waals surface area contributed by atoms with Crippen molar-refractivity contribution in [3.8, 4) is 0 Å². The number of hydrogen-bond donors (Lipinski definition) is 0. The Labute approximate surface area is 311 Å². The van der Waals surface area contributed by atoms with Gasteiger partial charge in [0.2, 0.25) is 0 Å². The summed E-state index contributed by atoms with van der Waals surface area (Å²) in [5, 5.41) is 0. The van der Waals surface area contributed by atoms with Crippen molar-refractivity contribution in [2.24, 2.45) is 10.8 Å². The lowest BCUT2D eigenvalue weighted by atomic mass is 9.59. The molecule has 0 bridgehead atoms. The Kier molecular flexibility index (Phi) is 9.82. The summed E-state index contributed by atoms with van der Waals surface area (Å²) in [6.45, 7) is 13.2. The van der Waals surface area contributed by atoms with E-state index in [4.69, 9.17) is 11.6 Å². The van der Waals surface area contributed by atoms with Crippen molar-refractivity contribution in [2.45, 2.75) is 111 Å². The highest BCUT2D eigenvalue weighted by atomic mass is 35.5. The lowest BCUT2D eigenvalue weighted by molar-refractivity contribution is -0.119. The molecule has 4 aliphatic rings. The number of carbonyl (C=O) groups excluding carboxylic acids is 2. The van der Waals surface area contributed by atoms with E-state index in [1.54, 1.807) is 22.7 Å². The predicted octanol–water partition coefficient (Wildman–Crippen LogP) is 11.5. The number of fused-ring (bicyclic) bond motifs is 2. The minimum Gasteiger partial charge on any atom is -0.294 e. The number of carbonyl (C=O) groups is 2. The number of hydrogen-bond acceptors (Lipinski definition) is 6. The van der Waals surface area contributed by atoms with Crippen LogP contribution in [0.1, 0.15) is 120 Å². The van der Waals surface area contributed by atoms with Gasteiger partial charge in [-0.15, -0.1) is 22.7 Å². The number of aromatic nitrogens is 2. The molecule has 8 rings (SSSR count). The van der Waals surface area contributed by atoms with Crippen molar-refractivity contribution >= 4 is 45.8 Å². The zero-order valence-corrected chi connectivity index (χ0v) is 31.8. The van der Waals surface area contributed by atoms with E-state index in [2.05, 4.69) is 100 Å². The molecular weight excluding hydrogens is 676 g/mol. The Hall–Kier alpha value is -3.19. The van der Waals surface area contributed by atoms with E-state index in [0.29, 0.717) is 28.9 Å². The molecule has 0 amide bonds. The molecule has 7 heteroatoms. The summed E-state index contributed by atoms with van der Waals surface area (Å²) < 4.78 is 0.574. The average Bonchev–Trinajstić information content (AvgIpc) is 3.68. The third-order valence-corrected chi connectivity index (χ3v) is 13.6. The van der Waals surface area contributed by atoms with Crippen LogP contribution in [0.2, 0.25) is 4.47 Å². The van der Waals surface area contributed by atoms with Crippen molar-refractivity contribution in [3.63, 3.8) is 0 Å². The number of ketones is 2. The van der Waals surface area contributed by atoms with Crippen LogP contribution in [0.5, 0.6) is 0 Å². The van der Waals surface area contributed by atoms with E-state index in [-0.39, 0.29) is 23.7 Å². The monoisotopic (exact) mass is 724 g/mol. The van der Waals surface area contributed by atoms with Gasteiger partial charge in [-0.3, -0.25) is 9.59 Å². The number of nitrogens with zero attached hydrogens (tertiary/aromatic N) is 2. The molecule has 4 aromatic rings. The number of rotatable bonds is 4. The van der Waals surface area contributed by atoms with Gasteiger partial charge in [0, 0.05) is 46.6 Å². The summed E-state index contributed by atoms with van der Waals surface area (Å²) in [7, 11) is 0. The molecule has 0 saturated heterocycles. The van der Waals surface area contributed by atoms with Crippen molar-refractivity contribution in [1.82, 2.24) is 9.97 Å². The van der Waals surface area contributed by atoms with Crippen LogP contribution in [0.3, 0.4) is 0 Å². The summed E-state index contributed by atoms with van der Waals surface area (Å²) in [4.78, 5) is 38.3. The molecule has 0 spiro atoms. The second-order valence-corrected chi connectivity index (χ2v) is 18.2. The van der Waals surface area contributed by atoms with Crippen LogP contribution < -0.4 is 0 Å². The lowest BCUT2D eigenvalue weighted by Crippen LogP contribution is -2.41. The Morgan fingerprint density at radius 3 is 1.62 bits per heavy atom. The van der Waals surface area contributed by atoms with E-state index < -0.39 is 5.41 Å². The van der Waals surface area contributed by atoms with E-state index >= 15 is 0 Å². The van der Waals surface area contributed by atoms with E-state index in [9.17, 15) is 9.59 Å². The molecule has 4 aliphatic carbocycles. The van der Waals surface area contributed by atoms with Gasteiger partial charge in [0.25, 0.3) is 0 Å². The normalized spacial score (nSPS) is 24.6. The number of halogens is 1. The minimum absolute atomic E-state index is 0. The molecule has 2 aromatic heterocycles. The highest BCUT2D eigenvalue weighted by molar-refractivity contribution is 7.16. The minimum atomic E-state index is -0.400. The molecule has 0 fully saturated rings. The van der Waals surface area contributed by atoms with Gasteiger partial charge in [-0.25, -0.2) is 9.97 Å². The molecule has 4 nitrogen and oxygen atoms in total. The third-order valence-electron chi connectivity index (χ3n) is 11.2. The predicted molar refractivity (Wildman–Crippen MR) is 208 cm³/mol. The number of Topliss-reactive ketones (excluding diaryl/α,β-unsaturated/α-hetero) is 2. The van der Waals surface area contributed by atoms with Gasteiger partial charge in [0.15, 0.2) is 16.0 Å². The fourth-order valence-electron chi connectivity index (χ4n) is 9.51. The molecule has 0 N–H and O–H groups in total. The summed E-state index contributed by atoms with van der Waals surface area (Å²) in [6.07, 6.45) is 6.56. The number of thiazole rings is 2. The number of benzene rings is 2. The molecule has 2 aromatic carbocycles. The largest absolute Gasteiger partial charge is 0.294 e. The van der Waals surface area contributed by atoms with Crippen LogP contribution in [0.15, 0.2) is 88.5 Å². The summed E-state index contributed by atoms with van der Waals surface area (Å²) in [5.74, 6) is 0.637. The standard InChI is InChI=1S/C21H22ClNOS.C21H23NOS.CH4/c1-4-21(14-8-6-5-7-9-14)17-13(11-20(2,3)12-16(17)24)10-15-18(21)25-19(22)23-15;1-4-21(15-8-6-5-7-9-15)18-14(10-16-19(21)24-13-22-16)11-20(2,3)12-17(18)23;/h5-9H,4,10-12H2,1-3H3;5-9,13H,4,10-12H2,1-3H3;1H4. The van der Waals surface area contributed by atoms with Crippen molar-refractivity contribution in [2.75, 3.05) is 0 Å². The first-order chi connectivity index (χ1) is 23.3. The van der Waals surface area contributed by atoms with Crippen LogP contribution in [0.4, 0.5) is 0 Å². The van der Waals surface area contributed by atoms with E-state index in [1.807, 2.05) is 17.6 Å². The molecule has 2 heterocycles. The van der Waals surface area contributed by atoms with Gasteiger partial charge < -0.3 is 0 Å². The first-order valence-electron chi connectivity index (χ1n) is 17.6. The van der Waals surface area contributed by atoms with Crippen molar-refractivity contribution in [3.05, 3.63) is 125 Å². The third kappa shape index (κ3) is 5.89. The molecule has 2 atom stereocenters. The SMILES string of the molecule is C.CCC1(c2ccccc2)C2=C(Cc3nc(Cl)sc31)CC(C)(C)CC2=O.CCC1(c2ccccc2)C2=C(Cc3ncsc31)CC(C)(C)CC2=O. The topological polar surface area (TPSA) is 59.9 Å². The number of allylic oxidation sites excluding steroid dienone is 4. The summed E-state index contributed by atoms with van der Waals surface area (Å²) >= 11 is 9.57. The van der Waals surface area contributed by atoms with Crippen LogP contribution in [0, 0.1) is 10.8 Å². The van der Waals surface area contributed by atoms with Crippen LogP contribution in [-0.2, 0) is 33.3 Å². The van der Waals surface area contributed by atoms with Crippen LogP contribution in [0.25, 0.3) is 0 Å². The highest BCUT2D eigenvalue weighted by Crippen LogP contribution is 2.57. The Morgan fingerprint density at radius 1 is 0.680 bits per heavy atom. The Bertz CT molecular complexity index is 2000. The smallest absolute Gasteiger partial charge is 0.184 e.